The third kappa shape index (κ3) is 4.48. The van der Waals surface area contributed by atoms with Crippen LogP contribution >= 0.6 is 0 Å². The summed E-state index contributed by atoms with van der Waals surface area (Å²) in [5.74, 6) is -2.43. The molecule has 1 saturated heterocycles. The lowest BCUT2D eigenvalue weighted by Crippen LogP contribution is -2.27. The highest BCUT2D eigenvalue weighted by atomic mass is 19.1. The van der Waals surface area contributed by atoms with Gasteiger partial charge in [-0.2, -0.15) is 0 Å². The Balaban J connectivity index is 1.71. The van der Waals surface area contributed by atoms with Crippen LogP contribution in [0, 0.1) is 5.82 Å². The van der Waals surface area contributed by atoms with Gasteiger partial charge in [-0.05, 0) is 49.2 Å². The number of benzene rings is 2. The first-order chi connectivity index (χ1) is 12.9. The summed E-state index contributed by atoms with van der Waals surface area (Å²) in [5, 5.41) is 5.29. The number of ether oxygens (including phenoxy) is 1. The smallest absolute Gasteiger partial charge is 0.255 e. The Morgan fingerprint density at radius 1 is 1.07 bits per heavy atom. The van der Waals surface area contributed by atoms with Gasteiger partial charge in [-0.15, -0.1) is 0 Å². The van der Waals surface area contributed by atoms with Gasteiger partial charge in [0.1, 0.15) is 11.9 Å². The molecule has 1 atom stereocenters. The van der Waals surface area contributed by atoms with Gasteiger partial charge in [0.05, 0.1) is 5.56 Å². The Kier molecular flexibility index (Phi) is 5.46. The van der Waals surface area contributed by atoms with Crippen LogP contribution in [0.1, 0.15) is 33.6 Å². The highest BCUT2D eigenvalue weighted by Crippen LogP contribution is 2.18. The Morgan fingerprint density at radius 2 is 1.85 bits per heavy atom. The normalized spacial score (nSPS) is 16.0. The number of nitrogens with one attached hydrogen (secondary N) is 2. The fourth-order valence-electron chi connectivity index (χ4n) is 2.74. The Bertz CT molecular complexity index is 894. The van der Waals surface area contributed by atoms with E-state index in [1.807, 2.05) is 0 Å². The van der Waals surface area contributed by atoms with Crippen LogP contribution < -0.4 is 16.4 Å². The van der Waals surface area contributed by atoms with Crippen LogP contribution in [0.5, 0.6) is 0 Å². The van der Waals surface area contributed by atoms with E-state index in [1.54, 1.807) is 18.2 Å². The molecule has 8 heteroatoms. The zero-order valence-corrected chi connectivity index (χ0v) is 14.3. The predicted molar refractivity (Wildman–Crippen MR) is 96.9 cm³/mol. The number of anilines is 2. The molecule has 7 nitrogen and oxygen atoms in total. The molecule has 3 rings (SSSR count). The van der Waals surface area contributed by atoms with Crippen LogP contribution in [0.2, 0.25) is 0 Å². The number of rotatable bonds is 5. The average Bonchev–Trinajstić information content (AvgIpc) is 3.18. The number of hydrogen-bond donors (Lipinski definition) is 3. The maximum absolute atomic E-state index is 13.5. The summed E-state index contributed by atoms with van der Waals surface area (Å²) < 4.78 is 18.8. The molecule has 1 aliphatic rings. The summed E-state index contributed by atoms with van der Waals surface area (Å²) in [6.45, 7) is 0.561. The van der Waals surface area contributed by atoms with E-state index in [0.29, 0.717) is 18.7 Å². The second-order valence-corrected chi connectivity index (χ2v) is 6.08. The predicted octanol–water partition coefficient (Wildman–Crippen LogP) is 2.29. The molecule has 1 heterocycles. The van der Waals surface area contributed by atoms with Crippen molar-refractivity contribution in [3.8, 4) is 0 Å². The van der Waals surface area contributed by atoms with Crippen molar-refractivity contribution < 1.29 is 23.5 Å². The molecule has 0 bridgehead atoms. The first-order valence-electron chi connectivity index (χ1n) is 8.37. The van der Waals surface area contributed by atoms with E-state index in [-0.39, 0.29) is 22.7 Å². The third-order valence-corrected chi connectivity index (χ3v) is 4.10. The number of halogens is 1. The van der Waals surface area contributed by atoms with Gasteiger partial charge in [-0.3, -0.25) is 14.4 Å². The molecular weight excluding hydrogens is 353 g/mol. The zero-order chi connectivity index (χ0) is 19.4. The second-order valence-electron chi connectivity index (χ2n) is 6.08. The summed E-state index contributed by atoms with van der Waals surface area (Å²) in [7, 11) is 0. The van der Waals surface area contributed by atoms with Crippen molar-refractivity contribution in [2.45, 2.75) is 18.9 Å². The number of carbonyl (C=O) groups is 3. The van der Waals surface area contributed by atoms with Gasteiger partial charge >= 0.3 is 0 Å². The SMILES string of the molecule is NC(=O)c1cc(NC(=O)c2cccc(NC(=O)C3CCCO3)c2)ccc1F. The van der Waals surface area contributed by atoms with Gasteiger partial charge in [-0.1, -0.05) is 6.07 Å². The molecule has 140 valence electrons. The molecule has 0 aliphatic carbocycles. The topological polar surface area (TPSA) is 111 Å². The maximum Gasteiger partial charge on any atom is 0.255 e. The Morgan fingerprint density at radius 3 is 2.56 bits per heavy atom. The molecule has 1 unspecified atom stereocenters. The zero-order valence-electron chi connectivity index (χ0n) is 14.3. The minimum atomic E-state index is -0.928. The molecule has 1 fully saturated rings. The molecule has 2 aromatic carbocycles. The lowest BCUT2D eigenvalue weighted by Gasteiger charge is -2.12. The minimum absolute atomic E-state index is 0.226. The Hall–Kier alpha value is -3.26. The van der Waals surface area contributed by atoms with Crippen LogP contribution in [0.25, 0.3) is 0 Å². The number of primary amides is 1. The largest absolute Gasteiger partial charge is 0.368 e. The first-order valence-corrected chi connectivity index (χ1v) is 8.37. The van der Waals surface area contributed by atoms with Crippen LogP contribution in [0.15, 0.2) is 42.5 Å². The molecule has 27 heavy (non-hydrogen) atoms. The highest BCUT2D eigenvalue weighted by molar-refractivity contribution is 6.06. The van der Waals surface area contributed by atoms with Crippen molar-refractivity contribution >= 4 is 29.1 Å². The van der Waals surface area contributed by atoms with E-state index in [2.05, 4.69) is 10.6 Å². The maximum atomic E-state index is 13.5. The highest BCUT2D eigenvalue weighted by Gasteiger charge is 2.23. The summed E-state index contributed by atoms with van der Waals surface area (Å²) >= 11 is 0. The molecule has 4 N–H and O–H groups in total. The monoisotopic (exact) mass is 371 g/mol. The standard InChI is InChI=1S/C19H18FN3O4/c20-15-7-6-13(10-14(15)17(21)24)22-18(25)11-3-1-4-12(9-11)23-19(26)16-5-2-8-27-16/h1,3-4,6-7,9-10,16H,2,5,8H2,(H2,21,24)(H,22,25)(H,23,26). The quantitative estimate of drug-likeness (QED) is 0.749. The molecule has 3 amide bonds. The van der Waals surface area contributed by atoms with E-state index in [0.717, 1.165) is 12.5 Å². The van der Waals surface area contributed by atoms with E-state index in [1.165, 1.54) is 18.2 Å². The summed E-state index contributed by atoms with van der Waals surface area (Å²) in [5.41, 5.74) is 5.75. The van der Waals surface area contributed by atoms with E-state index < -0.39 is 23.7 Å². The fourth-order valence-corrected chi connectivity index (χ4v) is 2.74. The van der Waals surface area contributed by atoms with Gasteiger partial charge in [0, 0.05) is 23.5 Å². The fraction of sp³-hybridized carbons (Fsp3) is 0.211. The summed E-state index contributed by atoms with van der Waals surface area (Å²) in [4.78, 5) is 35.7. The van der Waals surface area contributed by atoms with Crippen molar-refractivity contribution in [1.82, 2.24) is 0 Å². The van der Waals surface area contributed by atoms with Crippen LogP contribution in [0.3, 0.4) is 0 Å². The van der Waals surface area contributed by atoms with Crippen molar-refractivity contribution in [2.75, 3.05) is 17.2 Å². The molecule has 0 aromatic heterocycles. The van der Waals surface area contributed by atoms with E-state index in [4.69, 9.17) is 10.5 Å². The third-order valence-electron chi connectivity index (χ3n) is 4.10. The average molecular weight is 371 g/mol. The summed E-state index contributed by atoms with van der Waals surface area (Å²) in [6, 6.07) is 9.90. The second kappa shape index (κ2) is 7.96. The Labute approximate surface area is 154 Å². The van der Waals surface area contributed by atoms with Gasteiger partial charge in [0.15, 0.2) is 0 Å². The summed E-state index contributed by atoms with van der Waals surface area (Å²) in [6.07, 6.45) is 1.03. The van der Waals surface area contributed by atoms with Gasteiger partial charge in [0.2, 0.25) is 0 Å². The van der Waals surface area contributed by atoms with Crippen LogP contribution in [0.4, 0.5) is 15.8 Å². The van der Waals surface area contributed by atoms with E-state index in [9.17, 15) is 18.8 Å². The lowest BCUT2D eigenvalue weighted by atomic mass is 10.1. The van der Waals surface area contributed by atoms with Crippen molar-refractivity contribution in [1.29, 1.82) is 0 Å². The number of amides is 3. The molecule has 0 radical (unpaired) electrons. The van der Waals surface area contributed by atoms with Crippen LogP contribution in [-0.2, 0) is 9.53 Å². The minimum Gasteiger partial charge on any atom is -0.368 e. The lowest BCUT2D eigenvalue weighted by molar-refractivity contribution is -0.124. The molecule has 0 spiro atoms. The van der Waals surface area contributed by atoms with Crippen molar-refractivity contribution in [2.24, 2.45) is 5.73 Å². The number of hydrogen-bond acceptors (Lipinski definition) is 4. The van der Waals surface area contributed by atoms with Gasteiger partial charge in [0.25, 0.3) is 17.7 Å². The van der Waals surface area contributed by atoms with Gasteiger partial charge in [-0.25, -0.2) is 4.39 Å². The van der Waals surface area contributed by atoms with E-state index >= 15 is 0 Å². The number of carbonyl (C=O) groups excluding carboxylic acids is 3. The first kappa shape index (κ1) is 18.5. The van der Waals surface area contributed by atoms with Crippen molar-refractivity contribution in [3.05, 3.63) is 59.4 Å². The molecular formula is C19H18FN3O4. The molecule has 0 saturated carbocycles. The van der Waals surface area contributed by atoms with Crippen LogP contribution in [-0.4, -0.2) is 30.4 Å². The van der Waals surface area contributed by atoms with Crippen molar-refractivity contribution in [3.63, 3.8) is 0 Å². The number of nitrogens with two attached hydrogens (primary N) is 1. The molecule has 2 aromatic rings. The van der Waals surface area contributed by atoms with Gasteiger partial charge < -0.3 is 21.1 Å². The molecule has 1 aliphatic heterocycles.